The number of nitrogens with zero attached hydrogens (tertiary/aromatic N) is 4. The Kier molecular flexibility index (Phi) is 8.40. The first kappa shape index (κ1) is 33.6. The number of halogens is 2. The molecule has 4 aromatic rings. The SMILES string of the molecule is C#Cc1c(F)ccc2cc(O)cc(-c3nc(OC)c4c(N5CCOC6CC65)cc(OCC56CCCC5N(CC5CC(OC)C5)CCC6)nc4c3F)c12. The van der Waals surface area contributed by atoms with Crippen LogP contribution in [0.2, 0.25) is 0 Å². The Bertz CT molecular complexity index is 2100. The van der Waals surface area contributed by atoms with Crippen LogP contribution in [-0.2, 0) is 9.47 Å². The van der Waals surface area contributed by atoms with E-state index in [1.54, 1.807) is 7.11 Å². The zero-order chi connectivity index (χ0) is 35.7. The van der Waals surface area contributed by atoms with Crippen molar-refractivity contribution >= 4 is 27.4 Å². The predicted octanol–water partition coefficient (Wildman–Crippen LogP) is 6.84. The molecule has 5 fully saturated rings. The summed E-state index contributed by atoms with van der Waals surface area (Å²) >= 11 is 0. The van der Waals surface area contributed by atoms with E-state index in [1.807, 2.05) is 6.07 Å². The number of terminal acetylenes is 1. The summed E-state index contributed by atoms with van der Waals surface area (Å²) < 4.78 is 56.4. The summed E-state index contributed by atoms with van der Waals surface area (Å²) in [4.78, 5) is 14.5. The third-order valence-corrected chi connectivity index (χ3v) is 12.5. The van der Waals surface area contributed by atoms with E-state index in [-0.39, 0.29) is 56.9 Å². The highest BCUT2D eigenvalue weighted by atomic mass is 19.1. The fraction of sp³-hybridized carbons (Fsp3) is 0.512. The maximum Gasteiger partial charge on any atom is 0.225 e. The van der Waals surface area contributed by atoms with Gasteiger partial charge in [-0.15, -0.1) is 6.42 Å². The predicted molar refractivity (Wildman–Crippen MR) is 194 cm³/mol. The third kappa shape index (κ3) is 5.53. The second kappa shape index (κ2) is 13.0. The maximum atomic E-state index is 17.3. The van der Waals surface area contributed by atoms with Crippen molar-refractivity contribution in [3.8, 4) is 41.1 Å². The summed E-state index contributed by atoms with van der Waals surface area (Å²) in [7, 11) is 3.29. The maximum absolute atomic E-state index is 17.3. The third-order valence-electron chi connectivity index (χ3n) is 12.5. The Morgan fingerprint density at radius 3 is 2.71 bits per heavy atom. The van der Waals surface area contributed by atoms with E-state index in [9.17, 15) is 5.11 Å². The number of likely N-dealkylation sites (tertiary alicyclic amines) is 1. The first-order chi connectivity index (χ1) is 25.3. The van der Waals surface area contributed by atoms with Crippen LogP contribution in [0.4, 0.5) is 14.5 Å². The summed E-state index contributed by atoms with van der Waals surface area (Å²) in [5, 5.41) is 11.9. The van der Waals surface area contributed by atoms with Gasteiger partial charge in [-0.05, 0) is 81.0 Å². The number of morpholine rings is 1. The molecule has 4 atom stereocenters. The minimum absolute atomic E-state index is 0.00414. The molecule has 3 saturated carbocycles. The molecule has 3 aliphatic carbocycles. The van der Waals surface area contributed by atoms with Gasteiger partial charge in [0.05, 0.1) is 55.2 Å². The molecule has 2 aliphatic heterocycles. The normalized spacial score (nSPS) is 28.3. The number of benzene rings is 2. The Balaban J connectivity index is 1.14. The van der Waals surface area contributed by atoms with Crippen molar-refractivity contribution in [2.75, 3.05) is 52.0 Å². The van der Waals surface area contributed by atoms with Gasteiger partial charge in [-0.1, -0.05) is 18.4 Å². The molecule has 0 amide bonds. The van der Waals surface area contributed by atoms with E-state index < -0.39 is 11.6 Å². The highest BCUT2D eigenvalue weighted by Gasteiger charge is 2.50. The highest BCUT2D eigenvalue weighted by molar-refractivity contribution is 6.04. The molecule has 2 saturated heterocycles. The van der Waals surface area contributed by atoms with Crippen LogP contribution < -0.4 is 14.4 Å². The van der Waals surface area contributed by atoms with Crippen LogP contribution in [-0.4, -0.2) is 91.3 Å². The lowest BCUT2D eigenvalue weighted by atomic mass is 9.74. The number of fused-ring (bicyclic) bond motifs is 4. The number of pyridine rings is 2. The average Bonchev–Trinajstić information content (AvgIpc) is 3.81. The Hall–Kier alpha value is -4.24. The number of anilines is 1. The Morgan fingerprint density at radius 2 is 1.90 bits per heavy atom. The van der Waals surface area contributed by atoms with Crippen molar-refractivity contribution in [3.63, 3.8) is 0 Å². The number of phenolic OH excluding ortho intramolecular Hbond substituents is 1. The Morgan fingerprint density at radius 1 is 1.06 bits per heavy atom. The summed E-state index contributed by atoms with van der Waals surface area (Å²) in [5.74, 6) is 2.06. The van der Waals surface area contributed by atoms with Gasteiger partial charge in [0.1, 0.15) is 22.8 Å². The first-order valence-electron chi connectivity index (χ1n) is 18.6. The molecule has 52 heavy (non-hydrogen) atoms. The smallest absolute Gasteiger partial charge is 0.225 e. The lowest BCUT2D eigenvalue weighted by Crippen LogP contribution is -2.54. The lowest BCUT2D eigenvalue weighted by Gasteiger charge is -2.49. The number of phenols is 1. The van der Waals surface area contributed by atoms with Crippen LogP contribution >= 0.6 is 0 Å². The van der Waals surface area contributed by atoms with Crippen molar-refractivity contribution in [2.45, 2.75) is 75.7 Å². The molecule has 5 aliphatic rings. The molecule has 1 N–H and O–H groups in total. The van der Waals surface area contributed by atoms with Gasteiger partial charge >= 0.3 is 0 Å². The van der Waals surface area contributed by atoms with Gasteiger partial charge in [0.2, 0.25) is 11.8 Å². The number of methoxy groups -OCH3 is 2. The van der Waals surface area contributed by atoms with E-state index in [0.717, 1.165) is 70.1 Å². The van der Waals surface area contributed by atoms with Crippen molar-refractivity contribution in [1.82, 2.24) is 14.9 Å². The largest absolute Gasteiger partial charge is 0.508 e. The molecule has 0 spiro atoms. The van der Waals surface area contributed by atoms with Crippen LogP contribution in [0.3, 0.4) is 0 Å². The van der Waals surface area contributed by atoms with E-state index in [1.165, 1.54) is 31.4 Å². The molecular weight excluding hydrogens is 666 g/mol. The molecule has 0 bridgehead atoms. The van der Waals surface area contributed by atoms with E-state index in [4.69, 9.17) is 30.4 Å². The molecule has 9 rings (SSSR count). The van der Waals surface area contributed by atoms with Crippen molar-refractivity contribution < 1.29 is 32.8 Å². The van der Waals surface area contributed by atoms with Gasteiger partial charge in [-0.25, -0.2) is 18.7 Å². The molecule has 2 aromatic carbocycles. The first-order valence-corrected chi connectivity index (χ1v) is 18.6. The fourth-order valence-electron chi connectivity index (χ4n) is 9.81. The van der Waals surface area contributed by atoms with Crippen LogP contribution in [0.1, 0.15) is 56.9 Å². The Labute approximate surface area is 302 Å². The fourth-order valence-corrected chi connectivity index (χ4v) is 9.81. The summed E-state index contributed by atoms with van der Waals surface area (Å²) in [5.41, 5.74) is 0.687. The average molecular weight is 711 g/mol. The zero-order valence-corrected chi connectivity index (χ0v) is 29.7. The number of piperidine rings is 1. The van der Waals surface area contributed by atoms with Gasteiger partial charge in [0, 0.05) is 48.7 Å². The lowest BCUT2D eigenvalue weighted by molar-refractivity contribution is -0.0453. The molecule has 272 valence electrons. The van der Waals surface area contributed by atoms with Gasteiger partial charge in [-0.2, -0.15) is 0 Å². The van der Waals surface area contributed by atoms with Gasteiger partial charge in [0.25, 0.3) is 0 Å². The number of aromatic nitrogens is 2. The molecule has 0 radical (unpaired) electrons. The number of rotatable bonds is 9. The molecule has 2 aromatic heterocycles. The van der Waals surface area contributed by atoms with Gasteiger partial charge < -0.3 is 29.0 Å². The molecule has 9 nitrogen and oxygen atoms in total. The van der Waals surface area contributed by atoms with E-state index >= 15 is 8.78 Å². The summed E-state index contributed by atoms with van der Waals surface area (Å²) in [6.07, 6.45) is 15.0. The zero-order valence-electron chi connectivity index (χ0n) is 29.7. The topological polar surface area (TPSA) is 89.4 Å². The quantitative estimate of drug-likeness (QED) is 0.188. The summed E-state index contributed by atoms with van der Waals surface area (Å²) in [6.45, 7) is 3.85. The van der Waals surface area contributed by atoms with Crippen LogP contribution in [0.5, 0.6) is 17.5 Å². The number of aromatic hydroxyl groups is 1. The number of hydrogen-bond acceptors (Lipinski definition) is 9. The second-order valence-electron chi connectivity index (χ2n) is 15.4. The summed E-state index contributed by atoms with van der Waals surface area (Å²) in [6, 6.07) is 8.04. The van der Waals surface area contributed by atoms with Crippen molar-refractivity contribution in [3.05, 3.63) is 47.5 Å². The van der Waals surface area contributed by atoms with Gasteiger partial charge in [0.15, 0.2) is 5.82 Å². The minimum atomic E-state index is -0.738. The molecule has 11 heteroatoms. The van der Waals surface area contributed by atoms with Crippen LogP contribution in [0, 0.1) is 35.3 Å². The molecule has 4 heterocycles. The second-order valence-corrected chi connectivity index (χ2v) is 15.4. The number of hydrogen-bond donors (Lipinski definition) is 1. The monoisotopic (exact) mass is 710 g/mol. The molecular formula is C41H44F2N4O5. The van der Waals surface area contributed by atoms with Crippen molar-refractivity contribution in [2.24, 2.45) is 11.3 Å². The van der Waals surface area contributed by atoms with Crippen LogP contribution in [0.15, 0.2) is 30.3 Å². The van der Waals surface area contributed by atoms with E-state index in [0.29, 0.717) is 54.5 Å². The van der Waals surface area contributed by atoms with E-state index in [2.05, 4.69) is 20.7 Å². The van der Waals surface area contributed by atoms with Crippen molar-refractivity contribution in [1.29, 1.82) is 0 Å². The molecule has 4 unspecified atom stereocenters. The highest BCUT2D eigenvalue weighted by Crippen LogP contribution is 2.50. The van der Waals surface area contributed by atoms with Gasteiger partial charge in [-0.3, -0.25) is 4.90 Å². The standard InChI is InChI=1S/C41H44F2N4O5/c1-4-27-29(42)9-8-24-17-25(48)18-28(35(24)27)38-37(43)39-36(40(45-38)50-3)31(47-13-14-51-32-19-30(32)47)20-34(44-39)52-22-41-10-5-7-33(41)46(12-6-11-41)21-23-15-26(16-23)49-2/h1,8-9,17-18,20,23,26,30,32-33,48H,5-7,10-16,19,21-22H2,2-3H3. The van der Waals surface area contributed by atoms with Crippen LogP contribution in [0.25, 0.3) is 32.9 Å². The number of ether oxygens (including phenoxy) is 4. The minimum Gasteiger partial charge on any atom is -0.508 e.